The van der Waals surface area contributed by atoms with E-state index in [9.17, 15) is 0 Å². The normalized spacial score (nSPS) is 14.2. The Morgan fingerprint density at radius 2 is 1.88 bits per heavy atom. The molecule has 0 aliphatic carbocycles. The molecule has 2 aromatic rings. The highest BCUT2D eigenvalue weighted by Crippen LogP contribution is 2.24. The molecule has 0 unspecified atom stereocenters. The number of aliphatic imine (C=N–C) groups is 1. The SMILES string of the molecule is CCCOc1ccccc1/C=C/C1=NCCN(C)c2ccccc21. The molecule has 0 N–H and O–H groups in total. The van der Waals surface area contributed by atoms with Crippen molar-refractivity contribution in [2.75, 3.05) is 31.6 Å². The fourth-order valence-corrected chi connectivity index (χ4v) is 2.82. The van der Waals surface area contributed by atoms with Crippen molar-refractivity contribution in [2.24, 2.45) is 4.99 Å². The minimum Gasteiger partial charge on any atom is -0.493 e. The molecule has 0 radical (unpaired) electrons. The molecule has 0 atom stereocenters. The lowest BCUT2D eigenvalue weighted by atomic mass is 10.1. The maximum Gasteiger partial charge on any atom is 0.126 e. The summed E-state index contributed by atoms with van der Waals surface area (Å²) in [6, 6.07) is 16.6. The van der Waals surface area contributed by atoms with Crippen LogP contribution in [0, 0.1) is 0 Å². The van der Waals surface area contributed by atoms with Gasteiger partial charge in [0.2, 0.25) is 0 Å². The quantitative estimate of drug-likeness (QED) is 0.814. The number of likely N-dealkylation sites (N-methyl/N-ethyl adjacent to an activating group) is 1. The molecular formula is C21H24N2O. The zero-order valence-electron chi connectivity index (χ0n) is 14.4. The van der Waals surface area contributed by atoms with Crippen LogP contribution in [0.25, 0.3) is 6.08 Å². The number of allylic oxidation sites excluding steroid dienone is 1. The molecule has 0 saturated carbocycles. The molecule has 0 spiro atoms. The Morgan fingerprint density at radius 1 is 1.08 bits per heavy atom. The van der Waals surface area contributed by atoms with E-state index in [0.717, 1.165) is 43.1 Å². The summed E-state index contributed by atoms with van der Waals surface area (Å²) in [5.41, 5.74) is 4.53. The van der Waals surface area contributed by atoms with Crippen molar-refractivity contribution in [3.05, 3.63) is 65.7 Å². The first-order valence-electron chi connectivity index (χ1n) is 8.54. The summed E-state index contributed by atoms with van der Waals surface area (Å²) in [6.07, 6.45) is 5.21. The number of rotatable bonds is 5. The van der Waals surface area contributed by atoms with Crippen molar-refractivity contribution in [3.8, 4) is 5.75 Å². The highest BCUT2D eigenvalue weighted by Gasteiger charge is 2.13. The van der Waals surface area contributed by atoms with Crippen molar-refractivity contribution < 1.29 is 4.74 Å². The number of hydrogen-bond donors (Lipinski definition) is 0. The molecule has 3 heteroatoms. The second kappa shape index (κ2) is 7.82. The summed E-state index contributed by atoms with van der Waals surface area (Å²) in [5.74, 6) is 0.926. The predicted octanol–water partition coefficient (Wildman–Crippen LogP) is 4.43. The summed E-state index contributed by atoms with van der Waals surface area (Å²) >= 11 is 0. The first-order chi connectivity index (χ1) is 11.8. The van der Waals surface area contributed by atoms with Crippen LogP contribution >= 0.6 is 0 Å². The number of benzene rings is 2. The van der Waals surface area contributed by atoms with E-state index in [1.54, 1.807) is 0 Å². The Kier molecular flexibility index (Phi) is 5.32. The van der Waals surface area contributed by atoms with Gasteiger partial charge in [0.25, 0.3) is 0 Å². The Labute approximate surface area is 144 Å². The second-order valence-corrected chi connectivity index (χ2v) is 5.93. The Balaban J connectivity index is 1.90. The van der Waals surface area contributed by atoms with Gasteiger partial charge >= 0.3 is 0 Å². The lowest BCUT2D eigenvalue weighted by Crippen LogP contribution is -2.20. The number of benzodiazepines with no additional fused rings is 1. The maximum atomic E-state index is 5.84. The van der Waals surface area contributed by atoms with Gasteiger partial charge in [-0.25, -0.2) is 0 Å². The lowest BCUT2D eigenvalue weighted by Gasteiger charge is -2.18. The van der Waals surface area contributed by atoms with Crippen molar-refractivity contribution in [1.82, 2.24) is 0 Å². The van der Waals surface area contributed by atoms with Crippen LogP contribution in [-0.2, 0) is 0 Å². The molecule has 24 heavy (non-hydrogen) atoms. The van der Waals surface area contributed by atoms with Crippen LogP contribution in [0.15, 0.2) is 59.6 Å². The third kappa shape index (κ3) is 3.67. The average molecular weight is 320 g/mol. The van der Waals surface area contributed by atoms with Gasteiger partial charge in [-0.1, -0.05) is 43.3 Å². The van der Waals surface area contributed by atoms with E-state index in [-0.39, 0.29) is 0 Å². The van der Waals surface area contributed by atoms with Crippen LogP contribution < -0.4 is 9.64 Å². The number of anilines is 1. The third-order valence-electron chi connectivity index (χ3n) is 4.11. The molecular weight excluding hydrogens is 296 g/mol. The summed E-state index contributed by atoms with van der Waals surface area (Å²) in [4.78, 5) is 7.03. The van der Waals surface area contributed by atoms with E-state index in [2.05, 4.69) is 61.4 Å². The summed E-state index contributed by atoms with van der Waals surface area (Å²) in [5, 5.41) is 0. The molecule has 1 heterocycles. The van der Waals surface area contributed by atoms with Gasteiger partial charge < -0.3 is 9.64 Å². The highest BCUT2D eigenvalue weighted by molar-refractivity contribution is 6.14. The van der Waals surface area contributed by atoms with E-state index in [0.29, 0.717) is 0 Å². The maximum absolute atomic E-state index is 5.84. The summed E-state index contributed by atoms with van der Waals surface area (Å²) in [7, 11) is 2.12. The van der Waals surface area contributed by atoms with Crippen molar-refractivity contribution in [3.63, 3.8) is 0 Å². The minimum absolute atomic E-state index is 0.736. The molecule has 0 saturated heterocycles. The molecule has 3 nitrogen and oxygen atoms in total. The van der Waals surface area contributed by atoms with Gasteiger partial charge in [0.05, 0.1) is 18.9 Å². The molecule has 2 aromatic carbocycles. The Hall–Kier alpha value is -2.55. The monoisotopic (exact) mass is 320 g/mol. The molecule has 1 aliphatic heterocycles. The van der Waals surface area contributed by atoms with Gasteiger partial charge in [-0.3, -0.25) is 4.99 Å². The Morgan fingerprint density at radius 3 is 2.75 bits per heavy atom. The molecule has 0 bridgehead atoms. The zero-order chi connectivity index (χ0) is 16.8. The Bertz CT molecular complexity index is 749. The average Bonchev–Trinajstić information content (AvgIpc) is 2.78. The van der Waals surface area contributed by atoms with Gasteiger partial charge in [0.15, 0.2) is 0 Å². The van der Waals surface area contributed by atoms with E-state index in [1.807, 2.05) is 18.2 Å². The summed E-state index contributed by atoms with van der Waals surface area (Å²) in [6.45, 7) is 4.59. The highest BCUT2D eigenvalue weighted by atomic mass is 16.5. The van der Waals surface area contributed by atoms with Gasteiger partial charge in [-0.2, -0.15) is 0 Å². The van der Waals surface area contributed by atoms with E-state index in [4.69, 9.17) is 9.73 Å². The number of ether oxygens (including phenoxy) is 1. The smallest absolute Gasteiger partial charge is 0.126 e. The van der Waals surface area contributed by atoms with Crippen LogP contribution in [0.3, 0.4) is 0 Å². The molecule has 0 fully saturated rings. The summed E-state index contributed by atoms with van der Waals surface area (Å²) < 4.78 is 5.84. The van der Waals surface area contributed by atoms with Crippen molar-refractivity contribution in [1.29, 1.82) is 0 Å². The van der Waals surface area contributed by atoms with Crippen LogP contribution in [0.4, 0.5) is 5.69 Å². The molecule has 0 amide bonds. The topological polar surface area (TPSA) is 24.8 Å². The second-order valence-electron chi connectivity index (χ2n) is 5.93. The fourth-order valence-electron chi connectivity index (χ4n) is 2.82. The van der Waals surface area contributed by atoms with Crippen LogP contribution in [0.5, 0.6) is 5.75 Å². The van der Waals surface area contributed by atoms with E-state index >= 15 is 0 Å². The van der Waals surface area contributed by atoms with Crippen LogP contribution in [-0.4, -0.2) is 32.5 Å². The number of hydrogen-bond acceptors (Lipinski definition) is 3. The predicted molar refractivity (Wildman–Crippen MR) is 102 cm³/mol. The van der Waals surface area contributed by atoms with Gasteiger partial charge in [0, 0.05) is 30.4 Å². The number of fused-ring (bicyclic) bond motifs is 1. The first kappa shape index (κ1) is 16.3. The largest absolute Gasteiger partial charge is 0.493 e. The molecule has 124 valence electrons. The van der Waals surface area contributed by atoms with E-state index in [1.165, 1.54) is 11.3 Å². The zero-order valence-corrected chi connectivity index (χ0v) is 14.4. The van der Waals surface area contributed by atoms with Crippen LogP contribution in [0.1, 0.15) is 24.5 Å². The molecule has 0 aromatic heterocycles. The van der Waals surface area contributed by atoms with Gasteiger partial charge in [0.1, 0.15) is 5.75 Å². The molecule has 1 aliphatic rings. The van der Waals surface area contributed by atoms with Gasteiger partial charge in [-0.15, -0.1) is 0 Å². The standard InChI is InChI=1S/C21H24N2O/c1-3-16-24-21-11-7-4-8-17(21)12-13-19-18-9-5-6-10-20(18)23(2)15-14-22-19/h4-13H,3,14-16H2,1-2H3/b13-12+. The minimum atomic E-state index is 0.736. The first-order valence-corrected chi connectivity index (χ1v) is 8.54. The number of para-hydroxylation sites is 2. The van der Waals surface area contributed by atoms with Gasteiger partial charge in [-0.05, 0) is 30.7 Å². The lowest BCUT2D eigenvalue weighted by molar-refractivity contribution is 0.317. The fraction of sp³-hybridized carbons (Fsp3) is 0.286. The van der Waals surface area contributed by atoms with Crippen molar-refractivity contribution >= 4 is 17.5 Å². The van der Waals surface area contributed by atoms with E-state index < -0.39 is 0 Å². The molecule has 3 rings (SSSR count). The van der Waals surface area contributed by atoms with Crippen LogP contribution in [0.2, 0.25) is 0 Å². The number of nitrogens with zero attached hydrogens (tertiary/aromatic N) is 2. The van der Waals surface area contributed by atoms with Crippen molar-refractivity contribution in [2.45, 2.75) is 13.3 Å². The third-order valence-corrected chi connectivity index (χ3v) is 4.11.